The summed E-state index contributed by atoms with van der Waals surface area (Å²) in [6, 6.07) is -1.06. The second-order valence-electron chi connectivity index (χ2n) is 15.2. The van der Waals surface area contributed by atoms with E-state index in [4.69, 9.17) is 23.7 Å². The van der Waals surface area contributed by atoms with Gasteiger partial charge in [0.2, 0.25) is 0 Å². The maximum atomic E-state index is 14.5. The molecule has 0 aromatic heterocycles. The smallest absolute Gasteiger partial charge is 0.408 e. The number of hydrogen-bond acceptors (Lipinski definition) is 11. The molecule has 0 spiro atoms. The second-order valence-corrected chi connectivity index (χ2v) is 15.2. The highest BCUT2D eigenvalue weighted by Gasteiger charge is 2.58. The van der Waals surface area contributed by atoms with E-state index in [1.54, 1.807) is 27.7 Å². The fourth-order valence-corrected chi connectivity index (χ4v) is 7.76. The third-order valence-electron chi connectivity index (χ3n) is 10.7. The summed E-state index contributed by atoms with van der Waals surface area (Å²) in [5.41, 5.74) is -4.22. The van der Waals surface area contributed by atoms with Crippen molar-refractivity contribution in [3.63, 3.8) is 0 Å². The standard InChI is InChI=1S/C35H60N2O10/c1-13-15-16-43-34(9)18-19(3)25(38)21(5)27-35(10,47-32(42)36-27)24(14-2)45-31(41)33(7,8)28(40)22(6)29(34)46-30-26(39)23(37(11)12)17-20(4)44-30/h19-24,26-27,29-30,39H,13-18H2,1-12H3,(H,36,42)/t19-,20-,21+,22+,23+,24-,26-,27-,29-,30+,34+,35-/m1/s1. The molecule has 2 N–H and O–H groups in total. The number of nitrogens with one attached hydrogen (secondary N) is 1. The Balaban J connectivity index is 2.18. The molecule has 0 bridgehead atoms. The van der Waals surface area contributed by atoms with Gasteiger partial charge in [-0.3, -0.25) is 14.4 Å². The topological polar surface area (TPSA) is 150 Å². The molecule has 12 nitrogen and oxygen atoms in total. The van der Waals surface area contributed by atoms with Crippen molar-refractivity contribution in [1.29, 1.82) is 0 Å². The molecule has 3 aliphatic heterocycles. The van der Waals surface area contributed by atoms with Crippen LogP contribution in [0.4, 0.5) is 4.79 Å². The minimum Gasteiger partial charge on any atom is -0.457 e. The number of ether oxygens (including phenoxy) is 5. The number of unbranched alkanes of at least 4 members (excludes halogenated alkanes) is 1. The van der Waals surface area contributed by atoms with Crippen molar-refractivity contribution < 1.29 is 48.0 Å². The molecule has 12 heteroatoms. The van der Waals surface area contributed by atoms with Crippen LogP contribution in [-0.2, 0) is 38.1 Å². The Kier molecular flexibility index (Phi) is 12.7. The van der Waals surface area contributed by atoms with Crippen LogP contribution in [0.2, 0.25) is 0 Å². The summed E-state index contributed by atoms with van der Waals surface area (Å²) in [5, 5.41) is 14.2. The molecule has 12 atom stereocenters. The summed E-state index contributed by atoms with van der Waals surface area (Å²) in [6.07, 6.45) is -2.44. The number of Topliss-reactive ketones (excluding diaryl/α,β-unsaturated/α-hetero) is 2. The normalized spacial score (nSPS) is 41.9. The van der Waals surface area contributed by atoms with E-state index in [0.29, 0.717) is 13.0 Å². The van der Waals surface area contributed by atoms with E-state index >= 15 is 0 Å². The Bertz CT molecular complexity index is 1150. The van der Waals surface area contributed by atoms with E-state index in [0.717, 1.165) is 12.8 Å². The molecule has 47 heavy (non-hydrogen) atoms. The molecule has 0 unspecified atom stereocenters. The molecule has 3 heterocycles. The lowest BCUT2D eigenvalue weighted by atomic mass is 9.71. The zero-order chi connectivity index (χ0) is 35.6. The highest BCUT2D eigenvalue weighted by molar-refractivity contribution is 6.04. The van der Waals surface area contributed by atoms with Gasteiger partial charge in [0.1, 0.15) is 23.4 Å². The van der Waals surface area contributed by atoms with Crippen LogP contribution in [0.3, 0.4) is 0 Å². The summed E-state index contributed by atoms with van der Waals surface area (Å²) >= 11 is 0. The lowest BCUT2D eigenvalue weighted by Crippen LogP contribution is -2.61. The summed E-state index contributed by atoms with van der Waals surface area (Å²) in [4.78, 5) is 57.1. The van der Waals surface area contributed by atoms with Crippen molar-refractivity contribution in [2.24, 2.45) is 23.2 Å². The predicted molar refractivity (Wildman–Crippen MR) is 174 cm³/mol. The van der Waals surface area contributed by atoms with Crippen LogP contribution >= 0.6 is 0 Å². The molecule has 1 amide bonds. The van der Waals surface area contributed by atoms with Crippen LogP contribution < -0.4 is 5.32 Å². The number of alkyl carbamates (subject to hydrolysis) is 1. The average Bonchev–Trinajstić information content (AvgIpc) is 3.31. The molecule has 3 rings (SSSR count). The number of likely N-dealkylation sites (N-methyl/N-ethyl adjacent to an activating group) is 1. The van der Waals surface area contributed by atoms with E-state index < -0.39 is 82.9 Å². The first kappa shape index (κ1) is 39.3. The third kappa shape index (κ3) is 8.03. The van der Waals surface area contributed by atoms with Crippen LogP contribution in [0.1, 0.15) is 101 Å². The van der Waals surface area contributed by atoms with Gasteiger partial charge in [0.25, 0.3) is 0 Å². The monoisotopic (exact) mass is 668 g/mol. The van der Waals surface area contributed by atoms with E-state index in [2.05, 4.69) is 5.32 Å². The van der Waals surface area contributed by atoms with E-state index in [-0.39, 0.29) is 30.8 Å². The van der Waals surface area contributed by atoms with Gasteiger partial charge in [-0.15, -0.1) is 0 Å². The molecule has 270 valence electrons. The molecule has 3 aliphatic rings. The van der Waals surface area contributed by atoms with Gasteiger partial charge in [-0.1, -0.05) is 41.0 Å². The first-order chi connectivity index (χ1) is 21.7. The van der Waals surface area contributed by atoms with Gasteiger partial charge >= 0.3 is 12.1 Å². The number of aliphatic hydroxyl groups is 1. The van der Waals surface area contributed by atoms with Crippen LogP contribution in [0.5, 0.6) is 0 Å². The molecule has 0 aromatic carbocycles. The van der Waals surface area contributed by atoms with Gasteiger partial charge in [0.15, 0.2) is 17.7 Å². The number of hydrogen-bond donors (Lipinski definition) is 2. The molecular formula is C35H60N2O10. The van der Waals surface area contributed by atoms with Gasteiger partial charge in [0.05, 0.1) is 23.9 Å². The summed E-state index contributed by atoms with van der Waals surface area (Å²) < 4.78 is 31.2. The quantitative estimate of drug-likeness (QED) is 0.219. The fraction of sp³-hybridized carbons (Fsp3) is 0.886. The van der Waals surface area contributed by atoms with Gasteiger partial charge in [0, 0.05) is 30.4 Å². The van der Waals surface area contributed by atoms with Crippen LogP contribution in [-0.4, -0.2) is 108 Å². The number of aliphatic hydroxyl groups excluding tert-OH is 1. The number of carbonyl (C=O) groups excluding carboxylic acids is 4. The van der Waals surface area contributed by atoms with Crippen molar-refractivity contribution in [3.8, 4) is 0 Å². The third-order valence-corrected chi connectivity index (χ3v) is 10.7. The predicted octanol–water partition coefficient (Wildman–Crippen LogP) is 4.04. The number of cyclic esters (lactones) is 1. The largest absolute Gasteiger partial charge is 0.457 e. The van der Waals surface area contributed by atoms with Crippen LogP contribution in [0.25, 0.3) is 0 Å². The van der Waals surface area contributed by atoms with Crippen molar-refractivity contribution in [2.75, 3.05) is 20.7 Å². The summed E-state index contributed by atoms with van der Waals surface area (Å²) in [6.45, 7) is 17.8. The van der Waals surface area contributed by atoms with E-state index in [1.807, 2.05) is 46.7 Å². The Hall–Kier alpha value is -2.12. The second kappa shape index (κ2) is 15.2. The molecule has 3 saturated heterocycles. The zero-order valence-electron chi connectivity index (χ0n) is 30.6. The fourth-order valence-electron chi connectivity index (χ4n) is 7.76. The number of rotatable bonds is 8. The number of esters is 1. The molecule has 0 aliphatic carbocycles. The Morgan fingerprint density at radius 2 is 1.64 bits per heavy atom. The number of ketones is 2. The van der Waals surface area contributed by atoms with Gasteiger partial charge < -0.3 is 39.0 Å². The number of amides is 1. The minimum atomic E-state index is -1.64. The molecule has 3 fully saturated rings. The van der Waals surface area contributed by atoms with Crippen LogP contribution in [0.15, 0.2) is 0 Å². The Morgan fingerprint density at radius 3 is 2.21 bits per heavy atom. The Morgan fingerprint density at radius 1 is 1.00 bits per heavy atom. The average molecular weight is 669 g/mol. The molecule has 0 aromatic rings. The minimum absolute atomic E-state index is 0.149. The van der Waals surface area contributed by atoms with E-state index in [1.165, 1.54) is 13.8 Å². The zero-order valence-corrected chi connectivity index (χ0v) is 30.6. The van der Waals surface area contributed by atoms with Gasteiger partial charge in [-0.25, -0.2) is 4.79 Å². The highest BCUT2D eigenvalue weighted by Crippen LogP contribution is 2.42. The lowest BCUT2D eigenvalue weighted by molar-refractivity contribution is -0.297. The van der Waals surface area contributed by atoms with Crippen molar-refractivity contribution >= 4 is 23.6 Å². The van der Waals surface area contributed by atoms with Crippen molar-refractivity contribution in [2.45, 2.75) is 155 Å². The SMILES string of the molecule is CCCCO[C@@]1(C)C[C@@H](C)C(=O)[C@H](C)[C@H]2NC(=O)O[C@]2(C)[C@@H](CC)OC(=O)C(C)(C)C(=O)[C@H](C)[C@H]1O[C@@H]1O[C@H](C)C[C@H](N(C)C)[C@H]1O. The first-order valence-corrected chi connectivity index (χ1v) is 17.3. The lowest BCUT2D eigenvalue weighted by Gasteiger charge is -2.48. The number of nitrogens with zero attached hydrogens (tertiary/aromatic N) is 1. The molecule has 0 saturated carbocycles. The van der Waals surface area contributed by atoms with Gasteiger partial charge in [-0.2, -0.15) is 0 Å². The molecular weight excluding hydrogens is 608 g/mol. The maximum absolute atomic E-state index is 14.5. The number of fused-ring (bicyclic) bond motifs is 1. The van der Waals surface area contributed by atoms with Crippen molar-refractivity contribution in [3.05, 3.63) is 0 Å². The Labute approximate surface area is 280 Å². The van der Waals surface area contributed by atoms with E-state index in [9.17, 15) is 24.3 Å². The highest BCUT2D eigenvalue weighted by atomic mass is 16.7. The van der Waals surface area contributed by atoms with Gasteiger partial charge in [-0.05, 0) is 74.4 Å². The summed E-state index contributed by atoms with van der Waals surface area (Å²) in [5.74, 6) is -3.65. The first-order valence-electron chi connectivity index (χ1n) is 17.3. The van der Waals surface area contributed by atoms with Crippen LogP contribution in [0, 0.1) is 23.2 Å². The number of carbonyl (C=O) groups is 4. The summed E-state index contributed by atoms with van der Waals surface area (Å²) in [7, 11) is 3.76. The molecule has 0 radical (unpaired) electrons. The van der Waals surface area contributed by atoms with Crippen molar-refractivity contribution in [1.82, 2.24) is 10.2 Å². The maximum Gasteiger partial charge on any atom is 0.408 e.